The molecule has 0 unspecified atom stereocenters. The van der Waals surface area contributed by atoms with Crippen molar-refractivity contribution in [3.63, 3.8) is 0 Å². The number of nitrogens with zero attached hydrogens (tertiary/aromatic N) is 1. The number of hydrogen-bond acceptors (Lipinski definition) is 7. The van der Waals surface area contributed by atoms with E-state index < -0.39 is 0 Å². The first kappa shape index (κ1) is 90.6. The third kappa shape index (κ3) is 42.5. The molecule has 105 heavy (non-hydrogen) atoms. The van der Waals surface area contributed by atoms with Gasteiger partial charge in [0.2, 0.25) is 11.5 Å². The molecular formula is C95H162N4O6. The Morgan fingerprint density at radius 2 is 0.410 bits per heavy atom. The molecule has 0 amide bonds. The van der Waals surface area contributed by atoms with Crippen LogP contribution in [0.2, 0.25) is 0 Å². The van der Waals surface area contributed by atoms with Crippen molar-refractivity contribution in [2.75, 3.05) is 39.6 Å². The van der Waals surface area contributed by atoms with E-state index in [2.05, 4.69) is 111 Å². The lowest BCUT2D eigenvalue weighted by Crippen LogP contribution is -2.07. The van der Waals surface area contributed by atoms with Gasteiger partial charge in [-0.25, -0.2) is 0 Å². The minimum atomic E-state index is 0.653. The van der Waals surface area contributed by atoms with Gasteiger partial charge in [-0.15, -0.1) is 0 Å². The molecule has 0 atom stereocenters. The highest BCUT2D eigenvalue weighted by Crippen LogP contribution is 2.45. The fraction of sp³-hybridized carbons (Fsp3) is 0.758. The summed E-state index contributed by atoms with van der Waals surface area (Å²) in [6.45, 7) is 17.7. The molecule has 0 saturated heterocycles. The van der Waals surface area contributed by atoms with E-state index in [1.165, 1.54) is 347 Å². The van der Waals surface area contributed by atoms with Gasteiger partial charge in [0.1, 0.15) is 5.69 Å². The molecule has 0 aliphatic heterocycles. The molecule has 3 aromatic heterocycles. The van der Waals surface area contributed by atoms with E-state index >= 15 is 0 Å². The second-order valence-corrected chi connectivity index (χ2v) is 31.5. The molecule has 0 fully saturated rings. The SMILES string of the molecule is CCCCCCCCCCCCOc1cc(-c2ccc(-c3cc(-c4ccc(-c5cc(OCCCCCCCCCCCC)c(OCCCCCCCCCCCC)c(OCCCCCCCCCCCC)c5)[nH]4)[nH]n3)[nH]2)cc(OCCCCCCCCCCCC)c1OCCCCCCCCCCCC. The Morgan fingerprint density at radius 3 is 0.657 bits per heavy atom. The lowest BCUT2D eigenvalue weighted by Gasteiger charge is -2.19. The maximum atomic E-state index is 6.85. The molecule has 5 rings (SSSR count). The summed E-state index contributed by atoms with van der Waals surface area (Å²) < 4.78 is 41.0. The summed E-state index contributed by atoms with van der Waals surface area (Å²) in [5.41, 5.74) is 7.65. The van der Waals surface area contributed by atoms with Gasteiger partial charge < -0.3 is 38.4 Å². The molecular weight excluding hydrogens is 1290 g/mol. The van der Waals surface area contributed by atoms with Crippen molar-refractivity contribution in [3.05, 3.63) is 54.6 Å². The Hall–Kier alpha value is -4.99. The third-order valence-corrected chi connectivity index (χ3v) is 21.7. The van der Waals surface area contributed by atoms with Crippen molar-refractivity contribution in [1.29, 1.82) is 0 Å². The van der Waals surface area contributed by atoms with Gasteiger partial charge in [0, 0.05) is 22.5 Å². The second kappa shape index (κ2) is 63.9. The number of H-pyrrole nitrogens is 3. The molecule has 2 aromatic carbocycles. The average Bonchev–Trinajstić information content (AvgIpc) is 1.74. The molecule has 0 bridgehead atoms. The first-order valence-corrected chi connectivity index (χ1v) is 45.6. The van der Waals surface area contributed by atoms with E-state index in [0.717, 1.165) is 118 Å². The molecule has 3 N–H and O–H groups in total. The van der Waals surface area contributed by atoms with E-state index in [1.807, 2.05) is 0 Å². The monoisotopic (exact) mass is 1460 g/mol. The van der Waals surface area contributed by atoms with Crippen molar-refractivity contribution in [2.24, 2.45) is 0 Å². The molecule has 10 nitrogen and oxygen atoms in total. The molecule has 598 valence electrons. The summed E-state index contributed by atoms with van der Waals surface area (Å²) >= 11 is 0. The van der Waals surface area contributed by atoms with Gasteiger partial charge in [-0.2, -0.15) is 5.10 Å². The second-order valence-electron chi connectivity index (χ2n) is 31.5. The van der Waals surface area contributed by atoms with Crippen molar-refractivity contribution in [2.45, 2.75) is 427 Å². The van der Waals surface area contributed by atoms with Crippen LogP contribution in [0.1, 0.15) is 427 Å². The van der Waals surface area contributed by atoms with Crippen LogP contribution in [0, 0.1) is 0 Å². The Morgan fingerprint density at radius 1 is 0.210 bits per heavy atom. The summed E-state index contributed by atoms with van der Waals surface area (Å²) in [4.78, 5) is 7.58. The summed E-state index contributed by atoms with van der Waals surface area (Å²) in [6.07, 6.45) is 77.3. The predicted molar refractivity (Wildman–Crippen MR) is 453 cm³/mol. The fourth-order valence-corrected chi connectivity index (χ4v) is 14.8. The number of benzene rings is 2. The highest BCUT2D eigenvalue weighted by Gasteiger charge is 2.22. The van der Waals surface area contributed by atoms with E-state index in [-0.39, 0.29) is 0 Å². The van der Waals surface area contributed by atoms with Gasteiger partial charge in [0.25, 0.3) is 0 Å². The normalized spacial score (nSPS) is 11.6. The average molecular weight is 1460 g/mol. The van der Waals surface area contributed by atoms with Gasteiger partial charge in [-0.3, -0.25) is 5.10 Å². The first-order chi connectivity index (χ1) is 52.0. The maximum Gasteiger partial charge on any atom is 0.203 e. The lowest BCUT2D eigenvalue weighted by atomic mass is 10.1. The number of nitrogens with one attached hydrogen (secondary N) is 3. The minimum absolute atomic E-state index is 0.653. The van der Waals surface area contributed by atoms with Crippen LogP contribution in [0.3, 0.4) is 0 Å². The Kier molecular flexibility index (Phi) is 55.1. The number of aromatic nitrogens is 4. The topological polar surface area (TPSA) is 116 Å². The van der Waals surface area contributed by atoms with E-state index in [0.29, 0.717) is 39.6 Å². The fourth-order valence-electron chi connectivity index (χ4n) is 14.8. The van der Waals surface area contributed by atoms with Gasteiger partial charge in [-0.1, -0.05) is 388 Å². The molecule has 10 heteroatoms. The molecule has 0 aliphatic carbocycles. The Balaban J connectivity index is 1.37. The number of ether oxygens (including phenoxy) is 6. The highest BCUT2D eigenvalue weighted by molar-refractivity contribution is 5.75. The number of rotatable bonds is 76. The van der Waals surface area contributed by atoms with E-state index in [9.17, 15) is 0 Å². The van der Waals surface area contributed by atoms with Crippen LogP contribution in [0.25, 0.3) is 45.3 Å². The quantitative estimate of drug-likeness (QED) is 0.0332. The maximum absolute atomic E-state index is 6.85. The van der Waals surface area contributed by atoms with Crippen LogP contribution in [-0.2, 0) is 0 Å². The predicted octanol–water partition coefficient (Wildman–Crippen LogP) is 31.5. The summed E-state index contributed by atoms with van der Waals surface area (Å²) in [5.74, 6) is 4.64. The molecule has 5 aromatic rings. The summed E-state index contributed by atoms with van der Waals surface area (Å²) in [5, 5.41) is 8.34. The third-order valence-electron chi connectivity index (χ3n) is 21.7. The summed E-state index contributed by atoms with van der Waals surface area (Å²) in [6, 6.07) is 19.5. The van der Waals surface area contributed by atoms with Gasteiger partial charge in [-0.05, 0) is 93.1 Å². The molecule has 0 spiro atoms. The summed E-state index contributed by atoms with van der Waals surface area (Å²) in [7, 11) is 0. The van der Waals surface area contributed by atoms with Crippen LogP contribution in [0.5, 0.6) is 34.5 Å². The zero-order valence-corrected chi connectivity index (χ0v) is 69.3. The largest absolute Gasteiger partial charge is 0.490 e. The highest BCUT2D eigenvalue weighted by atomic mass is 16.5. The van der Waals surface area contributed by atoms with Crippen LogP contribution < -0.4 is 28.4 Å². The number of aromatic amines is 3. The van der Waals surface area contributed by atoms with Crippen molar-refractivity contribution in [3.8, 4) is 79.8 Å². The van der Waals surface area contributed by atoms with E-state index in [1.54, 1.807) is 0 Å². The molecule has 0 aliphatic rings. The van der Waals surface area contributed by atoms with Gasteiger partial charge in [0.05, 0.1) is 56.7 Å². The van der Waals surface area contributed by atoms with Crippen LogP contribution >= 0.6 is 0 Å². The molecule has 0 saturated carbocycles. The van der Waals surface area contributed by atoms with Crippen LogP contribution in [0.15, 0.2) is 54.6 Å². The zero-order chi connectivity index (χ0) is 74.2. The zero-order valence-electron chi connectivity index (χ0n) is 69.3. The van der Waals surface area contributed by atoms with Crippen molar-refractivity contribution < 1.29 is 28.4 Å². The standard InChI is InChI=1S/C95H162N4O6/c1-7-13-19-25-31-37-43-49-55-61-71-100-90-77-82(78-91(101-72-62-56-50-44-38-32-26-20-14-8-2)94(90)104-75-65-59-53-47-41-35-29-23-17-11-5)84-67-69-86(96-84)88-81-89(99-98-88)87-70-68-85(97-87)83-79-92(102-73-63-57-51-45-39-33-27-21-15-9-3)95(105-76-66-60-54-48-42-36-30-24-18-12-6)93(80-83)103-74-64-58-52-46-40-34-28-22-16-10-4/h67-70,77-81,96-97H,7-66,71-76H2,1-6H3,(H,98,99). The van der Waals surface area contributed by atoms with Crippen LogP contribution in [0.4, 0.5) is 0 Å². The Labute approximate surface area is 645 Å². The van der Waals surface area contributed by atoms with E-state index in [4.69, 9.17) is 33.5 Å². The molecule has 0 radical (unpaired) electrons. The molecule has 3 heterocycles. The first-order valence-electron chi connectivity index (χ1n) is 45.6. The van der Waals surface area contributed by atoms with Crippen molar-refractivity contribution in [1.82, 2.24) is 20.2 Å². The van der Waals surface area contributed by atoms with Gasteiger partial charge in [0.15, 0.2) is 23.0 Å². The Bertz CT molecular complexity index is 2480. The lowest BCUT2D eigenvalue weighted by molar-refractivity contribution is 0.234. The number of unbranched alkanes of at least 4 members (excludes halogenated alkanes) is 54. The van der Waals surface area contributed by atoms with Gasteiger partial charge >= 0.3 is 0 Å². The van der Waals surface area contributed by atoms with Crippen molar-refractivity contribution >= 4 is 0 Å². The number of hydrogen-bond donors (Lipinski definition) is 3. The minimum Gasteiger partial charge on any atom is -0.490 e. The smallest absolute Gasteiger partial charge is 0.203 e. The van der Waals surface area contributed by atoms with Crippen LogP contribution in [-0.4, -0.2) is 59.8 Å².